The summed E-state index contributed by atoms with van der Waals surface area (Å²) >= 11 is 0. The summed E-state index contributed by atoms with van der Waals surface area (Å²) in [5.74, 6) is -0.846. The van der Waals surface area contributed by atoms with Crippen molar-refractivity contribution < 1.29 is 14.7 Å². The number of aliphatic carboxylic acids is 1. The highest BCUT2D eigenvalue weighted by Gasteiger charge is 2.39. The van der Waals surface area contributed by atoms with Gasteiger partial charge in [-0.2, -0.15) is 0 Å². The van der Waals surface area contributed by atoms with E-state index in [9.17, 15) is 9.59 Å². The van der Waals surface area contributed by atoms with Gasteiger partial charge in [-0.25, -0.2) is 0 Å². The lowest BCUT2D eigenvalue weighted by Crippen LogP contribution is -2.49. The quantitative estimate of drug-likeness (QED) is 0.764. The number of hydrogen-bond acceptors (Lipinski definition) is 3. The van der Waals surface area contributed by atoms with Crippen molar-refractivity contribution in [3.63, 3.8) is 0 Å². The van der Waals surface area contributed by atoms with Crippen molar-refractivity contribution in [1.82, 2.24) is 4.90 Å². The minimum Gasteiger partial charge on any atom is -0.481 e. The third-order valence-electron chi connectivity index (χ3n) is 3.53. The molecule has 1 saturated heterocycles. The molecule has 1 aliphatic heterocycles. The van der Waals surface area contributed by atoms with Crippen LogP contribution in [-0.4, -0.2) is 41.0 Å². The highest BCUT2D eigenvalue weighted by atomic mass is 16.4. The molecular formula is C12H22N2O3. The van der Waals surface area contributed by atoms with Crippen LogP contribution in [0.4, 0.5) is 0 Å². The number of rotatable bonds is 4. The Morgan fingerprint density at radius 2 is 2.18 bits per heavy atom. The predicted octanol–water partition coefficient (Wildman–Crippen LogP) is 0.827. The summed E-state index contributed by atoms with van der Waals surface area (Å²) in [6.45, 7) is 4.60. The van der Waals surface area contributed by atoms with Gasteiger partial charge in [-0.15, -0.1) is 0 Å². The van der Waals surface area contributed by atoms with Gasteiger partial charge in [0.25, 0.3) is 0 Å². The van der Waals surface area contributed by atoms with Crippen LogP contribution in [0.25, 0.3) is 0 Å². The zero-order valence-electron chi connectivity index (χ0n) is 10.6. The lowest BCUT2D eigenvalue weighted by atomic mass is 9.82. The van der Waals surface area contributed by atoms with E-state index in [0.29, 0.717) is 25.9 Å². The van der Waals surface area contributed by atoms with Gasteiger partial charge in [-0.3, -0.25) is 9.59 Å². The molecule has 17 heavy (non-hydrogen) atoms. The second-order valence-corrected chi connectivity index (χ2v) is 5.16. The van der Waals surface area contributed by atoms with Crippen LogP contribution in [-0.2, 0) is 9.59 Å². The van der Waals surface area contributed by atoms with Gasteiger partial charge in [0.2, 0.25) is 5.91 Å². The van der Waals surface area contributed by atoms with E-state index in [1.54, 1.807) is 11.8 Å². The van der Waals surface area contributed by atoms with E-state index in [4.69, 9.17) is 10.8 Å². The number of piperidine rings is 1. The van der Waals surface area contributed by atoms with Crippen molar-refractivity contribution in [3.8, 4) is 0 Å². The number of carbonyl (C=O) groups excluding carboxylic acids is 1. The van der Waals surface area contributed by atoms with Crippen LogP contribution in [0.5, 0.6) is 0 Å². The molecule has 2 unspecified atom stereocenters. The molecule has 1 rings (SSSR count). The number of carbonyl (C=O) groups is 2. The molecule has 0 aromatic heterocycles. The summed E-state index contributed by atoms with van der Waals surface area (Å²) in [4.78, 5) is 24.7. The Balaban J connectivity index is 2.60. The first-order valence-electron chi connectivity index (χ1n) is 6.16. The summed E-state index contributed by atoms with van der Waals surface area (Å²) in [5.41, 5.74) is 4.94. The molecule has 0 spiro atoms. The van der Waals surface area contributed by atoms with E-state index < -0.39 is 11.4 Å². The van der Waals surface area contributed by atoms with Crippen molar-refractivity contribution >= 4 is 11.9 Å². The lowest BCUT2D eigenvalue weighted by molar-refractivity contribution is -0.153. The lowest BCUT2D eigenvalue weighted by Gasteiger charge is -2.37. The number of hydrogen-bond donors (Lipinski definition) is 2. The van der Waals surface area contributed by atoms with E-state index in [2.05, 4.69) is 0 Å². The van der Waals surface area contributed by atoms with Crippen LogP contribution >= 0.6 is 0 Å². The maximum atomic E-state index is 11.9. The third-order valence-corrected chi connectivity index (χ3v) is 3.53. The van der Waals surface area contributed by atoms with Gasteiger partial charge >= 0.3 is 5.97 Å². The summed E-state index contributed by atoms with van der Waals surface area (Å²) in [5, 5.41) is 9.16. The molecule has 1 fully saturated rings. The molecule has 0 saturated carbocycles. The second-order valence-electron chi connectivity index (χ2n) is 5.16. The Morgan fingerprint density at radius 3 is 2.71 bits per heavy atom. The predicted molar refractivity (Wildman–Crippen MR) is 64.4 cm³/mol. The van der Waals surface area contributed by atoms with Crippen molar-refractivity contribution in [3.05, 3.63) is 0 Å². The summed E-state index contributed by atoms with van der Waals surface area (Å²) in [7, 11) is 0. The van der Waals surface area contributed by atoms with E-state index in [1.165, 1.54) is 0 Å². The number of likely N-dealkylation sites (tertiary alicyclic amines) is 1. The Kier molecular flexibility index (Phi) is 4.51. The van der Waals surface area contributed by atoms with Gasteiger partial charge in [0.15, 0.2) is 0 Å². The summed E-state index contributed by atoms with van der Waals surface area (Å²) in [6.07, 6.45) is 2.45. The highest BCUT2D eigenvalue weighted by molar-refractivity contribution is 5.79. The largest absolute Gasteiger partial charge is 0.481 e. The van der Waals surface area contributed by atoms with Gasteiger partial charge in [-0.05, 0) is 26.2 Å². The Hall–Kier alpha value is -1.10. The van der Waals surface area contributed by atoms with E-state index in [1.807, 2.05) is 6.92 Å². The summed E-state index contributed by atoms with van der Waals surface area (Å²) < 4.78 is 0. The molecule has 0 aliphatic carbocycles. The molecule has 3 N–H and O–H groups in total. The molecule has 1 aliphatic rings. The van der Waals surface area contributed by atoms with Crippen molar-refractivity contribution in [2.45, 2.75) is 45.6 Å². The average molecular weight is 242 g/mol. The number of carboxylic acid groups (broad SMARTS) is 1. The molecular weight excluding hydrogens is 220 g/mol. The van der Waals surface area contributed by atoms with E-state index in [0.717, 1.165) is 12.8 Å². The molecule has 98 valence electrons. The van der Waals surface area contributed by atoms with Gasteiger partial charge in [-0.1, -0.05) is 6.92 Å². The molecule has 0 radical (unpaired) electrons. The van der Waals surface area contributed by atoms with Gasteiger partial charge in [0.05, 0.1) is 5.41 Å². The van der Waals surface area contributed by atoms with Crippen LogP contribution in [0.2, 0.25) is 0 Å². The molecule has 2 atom stereocenters. The van der Waals surface area contributed by atoms with E-state index in [-0.39, 0.29) is 11.9 Å². The van der Waals surface area contributed by atoms with Gasteiger partial charge < -0.3 is 15.7 Å². The zero-order valence-corrected chi connectivity index (χ0v) is 10.6. The number of nitrogens with zero attached hydrogens (tertiary/aromatic N) is 1. The van der Waals surface area contributed by atoms with Crippen LogP contribution in [0.15, 0.2) is 0 Å². The Bertz CT molecular complexity index is 306. The Morgan fingerprint density at radius 1 is 1.53 bits per heavy atom. The standard InChI is InChI=1S/C12H22N2O3/c1-3-9(13)7-10(15)14-6-4-5-12(2,8-14)11(16)17/h9H,3-8,13H2,1-2H3,(H,16,17). The molecule has 0 aromatic carbocycles. The fourth-order valence-electron chi connectivity index (χ4n) is 2.12. The minimum atomic E-state index is -0.824. The van der Waals surface area contributed by atoms with Crippen LogP contribution in [0, 0.1) is 5.41 Å². The van der Waals surface area contributed by atoms with Crippen LogP contribution in [0.3, 0.4) is 0 Å². The van der Waals surface area contributed by atoms with E-state index >= 15 is 0 Å². The number of carboxylic acids is 1. The minimum absolute atomic E-state index is 0.0217. The fraction of sp³-hybridized carbons (Fsp3) is 0.833. The fourth-order valence-corrected chi connectivity index (χ4v) is 2.12. The van der Waals surface area contributed by atoms with Crippen molar-refractivity contribution in [2.24, 2.45) is 11.1 Å². The normalized spacial score (nSPS) is 26.6. The topological polar surface area (TPSA) is 83.6 Å². The maximum absolute atomic E-state index is 11.9. The molecule has 0 aromatic rings. The smallest absolute Gasteiger partial charge is 0.311 e. The average Bonchev–Trinajstić information content (AvgIpc) is 2.28. The SMILES string of the molecule is CCC(N)CC(=O)N1CCCC(C)(C(=O)O)C1. The molecule has 1 heterocycles. The number of nitrogens with two attached hydrogens (primary N) is 1. The second kappa shape index (κ2) is 5.49. The molecule has 1 amide bonds. The molecule has 0 bridgehead atoms. The molecule has 5 nitrogen and oxygen atoms in total. The zero-order chi connectivity index (χ0) is 13.1. The van der Waals surface area contributed by atoms with Gasteiger partial charge in [0, 0.05) is 25.6 Å². The van der Waals surface area contributed by atoms with Crippen LogP contribution < -0.4 is 5.73 Å². The monoisotopic (exact) mass is 242 g/mol. The third kappa shape index (κ3) is 3.43. The first-order valence-corrected chi connectivity index (χ1v) is 6.16. The summed E-state index contributed by atoms with van der Waals surface area (Å²) in [6, 6.07) is -0.125. The Labute approximate surface area is 102 Å². The van der Waals surface area contributed by atoms with Gasteiger partial charge in [0.1, 0.15) is 0 Å². The van der Waals surface area contributed by atoms with Crippen molar-refractivity contribution in [2.75, 3.05) is 13.1 Å². The molecule has 5 heteroatoms. The van der Waals surface area contributed by atoms with Crippen LogP contribution in [0.1, 0.15) is 39.5 Å². The highest BCUT2D eigenvalue weighted by Crippen LogP contribution is 2.30. The maximum Gasteiger partial charge on any atom is 0.311 e. The number of amides is 1. The van der Waals surface area contributed by atoms with Crippen molar-refractivity contribution in [1.29, 1.82) is 0 Å². The first kappa shape index (κ1) is 14.0. The first-order chi connectivity index (χ1) is 7.89.